The molecule has 1 rings (SSSR count). The first-order valence-electron chi connectivity index (χ1n) is 7.32. The zero-order chi connectivity index (χ0) is 18.7. The quantitative estimate of drug-likeness (QED) is 0.716. The monoisotopic (exact) mass is 404 g/mol. The first-order chi connectivity index (χ1) is 10.8. The summed E-state index contributed by atoms with van der Waals surface area (Å²) in [6, 6.07) is 1.39. The first kappa shape index (κ1) is 20.3. The van der Waals surface area contributed by atoms with Crippen molar-refractivity contribution in [3.8, 4) is 0 Å². The van der Waals surface area contributed by atoms with Gasteiger partial charge in [-0.3, -0.25) is 4.98 Å². The molecule has 134 valence electrons. The summed E-state index contributed by atoms with van der Waals surface area (Å²) >= 11 is 3.04. The number of halogens is 2. The van der Waals surface area contributed by atoms with Crippen LogP contribution in [0.5, 0.6) is 0 Å². The van der Waals surface area contributed by atoms with Gasteiger partial charge in [0, 0.05) is 0 Å². The number of imide groups is 1. The zero-order valence-corrected chi connectivity index (χ0v) is 16.2. The average Bonchev–Trinajstić information content (AvgIpc) is 2.35. The lowest BCUT2D eigenvalue weighted by atomic mass is 10.2. The molecule has 0 saturated heterocycles. The fourth-order valence-corrected chi connectivity index (χ4v) is 1.91. The van der Waals surface area contributed by atoms with Crippen molar-refractivity contribution < 1.29 is 23.5 Å². The number of ether oxygens (including phenoxy) is 2. The second-order valence-electron chi connectivity index (χ2n) is 7.14. The fraction of sp³-hybridized carbons (Fsp3) is 0.562. The molecule has 0 spiro atoms. The number of hydrogen-bond donors (Lipinski definition) is 0. The van der Waals surface area contributed by atoms with Gasteiger partial charge in [0.2, 0.25) is 0 Å². The Labute approximate surface area is 149 Å². The van der Waals surface area contributed by atoms with Crippen molar-refractivity contribution in [1.29, 1.82) is 0 Å². The molecule has 1 aromatic rings. The summed E-state index contributed by atoms with van der Waals surface area (Å²) in [6.45, 7) is 9.91. The molecule has 0 aliphatic rings. The molecule has 0 aromatic carbocycles. The van der Waals surface area contributed by atoms with E-state index in [0.29, 0.717) is 5.69 Å². The topological polar surface area (TPSA) is 68.7 Å². The molecule has 0 saturated carbocycles. The molecule has 0 bridgehead atoms. The number of pyridine rings is 1. The molecule has 0 aliphatic carbocycles. The lowest BCUT2D eigenvalue weighted by Gasteiger charge is -2.28. The average molecular weight is 405 g/mol. The van der Waals surface area contributed by atoms with Crippen LogP contribution in [-0.4, -0.2) is 33.3 Å². The standard InChI is InChI=1S/C16H22BrFN2O4/c1-15(2,3)23-13(21)20(14(22)24-16(4,5)6)9-10-7-11(17)12(18)8-19-10/h7-8H,9H2,1-6H3. The fourth-order valence-electron chi connectivity index (χ4n) is 1.54. The second kappa shape index (κ2) is 7.46. The van der Waals surface area contributed by atoms with Gasteiger partial charge >= 0.3 is 12.2 Å². The third-order valence-corrected chi connectivity index (χ3v) is 3.02. The molecular weight excluding hydrogens is 383 g/mol. The van der Waals surface area contributed by atoms with E-state index in [0.717, 1.165) is 11.1 Å². The van der Waals surface area contributed by atoms with Gasteiger partial charge in [-0.05, 0) is 63.5 Å². The van der Waals surface area contributed by atoms with Gasteiger partial charge in [-0.15, -0.1) is 0 Å². The Bertz CT molecular complexity index is 595. The van der Waals surface area contributed by atoms with Crippen molar-refractivity contribution >= 4 is 28.1 Å². The van der Waals surface area contributed by atoms with E-state index in [2.05, 4.69) is 20.9 Å². The van der Waals surface area contributed by atoms with Gasteiger partial charge in [-0.1, -0.05) is 0 Å². The highest BCUT2D eigenvalue weighted by Crippen LogP contribution is 2.19. The van der Waals surface area contributed by atoms with Crippen molar-refractivity contribution in [3.63, 3.8) is 0 Å². The SMILES string of the molecule is CC(C)(C)OC(=O)N(Cc1cc(Br)c(F)cn1)C(=O)OC(C)(C)C. The van der Waals surface area contributed by atoms with Crippen LogP contribution in [0.3, 0.4) is 0 Å². The third-order valence-electron chi connectivity index (χ3n) is 2.41. The molecule has 8 heteroatoms. The molecule has 0 atom stereocenters. The minimum absolute atomic E-state index is 0.181. The summed E-state index contributed by atoms with van der Waals surface area (Å²) in [6.07, 6.45) is -0.722. The second-order valence-corrected chi connectivity index (χ2v) is 7.99. The molecule has 1 heterocycles. The zero-order valence-electron chi connectivity index (χ0n) is 14.6. The Morgan fingerprint density at radius 1 is 1.12 bits per heavy atom. The first-order valence-corrected chi connectivity index (χ1v) is 8.11. The highest BCUT2D eigenvalue weighted by Gasteiger charge is 2.31. The maximum Gasteiger partial charge on any atom is 0.420 e. The maximum absolute atomic E-state index is 13.3. The van der Waals surface area contributed by atoms with E-state index in [1.807, 2.05) is 0 Å². The predicted molar refractivity (Wildman–Crippen MR) is 89.9 cm³/mol. The number of carbonyl (C=O) groups is 2. The Morgan fingerprint density at radius 2 is 1.58 bits per heavy atom. The molecule has 0 fully saturated rings. The normalized spacial score (nSPS) is 11.8. The van der Waals surface area contributed by atoms with Crippen LogP contribution in [0, 0.1) is 5.82 Å². The van der Waals surface area contributed by atoms with E-state index >= 15 is 0 Å². The van der Waals surface area contributed by atoms with Crippen LogP contribution in [0.1, 0.15) is 47.2 Å². The molecule has 24 heavy (non-hydrogen) atoms. The van der Waals surface area contributed by atoms with Gasteiger partial charge in [-0.25, -0.2) is 18.9 Å². The van der Waals surface area contributed by atoms with Gasteiger partial charge < -0.3 is 9.47 Å². The Morgan fingerprint density at radius 3 is 1.96 bits per heavy atom. The molecule has 0 N–H and O–H groups in total. The van der Waals surface area contributed by atoms with Crippen LogP contribution in [0.2, 0.25) is 0 Å². The van der Waals surface area contributed by atoms with Gasteiger partial charge in [0.25, 0.3) is 0 Å². The van der Waals surface area contributed by atoms with Gasteiger partial charge in [0.15, 0.2) is 5.82 Å². The Balaban J connectivity index is 3.05. The summed E-state index contributed by atoms with van der Waals surface area (Å²) in [5, 5.41) is 0. The molecule has 0 radical (unpaired) electrons. The number of amides is 2. The molecule has 2 amide bonds. The van der Waals surface area contributed by atoms with E-state index in [4.69, 9.17) is 9.47 Å². The Kier molecular flexibility index (Phi) is 6.32. The van der Waals surface area contributed by atoms with Crippen LogP contribution < -0.4 is 0 Å². The van der Waals surface area contributed by atoms with Crippen molar-refractivity contribution in [3.05, 3.63) is 28.2 Å². The van der Waals surface area contributed by atoms with Crippen molar-refractivity contribution in [2.24, 2.45) is 0 Å². The van der Waals surface area contributed by atoms with Crippen molar-refractivity contribution in [2.75, 3.05) is 0 Å². The molecule has 0 unspecified atom stereocenters. The number of aromatic nitrogens is 1. The van der Waals surface area contributed by atoms with Gasteiger partial charge in [0.1, 0.15) is 11.2 Å². The highest BCUT2D eigenvalue weighted by atomic mass is 79.9. The van der Waals surface area contributed by atoms with E-state index < -0.39 is 29.2 Å². The van der Waals surface area contributed by atoms with Crippen molar-refractivity contribution in [2.45, 2.75) is 59.3 Å². The molecule has 0 aliphatic heterocycles. The lowest BCUT2D eigenvalue weighted by Crippen LogP contribution is -2.43. The number of carbonyl (C=O) groups excluding carboxylic acids is 2. The van der Waals surface area contributed by atoms with Gasteiger partial charge in [-0.2, -0.15) is 0 Å². The Hall–Kier alpha value is -1.70. The van der Waals surface area contributed by atoms with Crippen LogP contribution >= 0.6 is 15.9 Å². The maximum atomic E-state index is 13.3. The van der Waals surface area contributed by atoms with E-state index in [1.165, 1.54) is 6.07 Å². The summed E-state index contributed by atoms with van der Waals surface area (Å²) in [7, 11) is 0. The van der Waals surface area contributed by atoms with Crippen LogP contribution in [0.15, 0.2) is 16.7 Å². The number of rotatable bonds is 2. The van der Waals surface area contributed by atoms with Crippen LogP contribution in [-0.2, 0) is 16.0 Å². The van der Waals surface area contributed by atoms with E-state index in [-0.39, 0.29) is 11.0 Å². The number of hydrogen-bond acceptors (Lipinski definition) is 5. The number of nitrogens with zero attached hydrogens (tertiary/aromatic N) is 2. The van der Waals surface area contributed by atoms with Crippen LogP contribution in [0.4, 0.5) is 14.0 Å². The van der Waals surface area contributed by atoms with E-state index in [9.17, 15) is 14.0 Å². The largest absolute Gasteiger partial charge is 0.443 e. The van der Waals surface area contributed by atoms with E-state index in [1.54, 1.807) is 41.5 Å². The highest BCUT2D eigenvalue weighted by molar-refractivity contribution is 9.10. The molecular formula is C16H22BrFN2O4. The minimum atomic E-state index is -0.862. The molecule has 1 aromatic heterocycles. The molecule has 6 nitrogen and oxygen atoms in total. The summed E-state index contributed by atoms with van der Waals surface area (Å²) in [4.78, 5) is 29.3. The lowest BCUT2D eigenvalue weighted by molar-refractivity contribution is -0.000480. The van der Waals surface area contributed by atoms with Crippen molar-refractivity contribution in [1.82, 2.24) is 9.88 Å². The summed E-state index contributed by atoms with van der Waals surface area (Å²) < 4.78 is 23.9. The predicted octanol–water partition coefficient (Wildman–Crippen LogP) is 4.66. The minimum Gasteiger partial charge on any atom is -0.443 e. The smallest absolute Gasteiger partial charge is 0.420 e. The summed E-state index contributed by atoms with van der Waals surface area (Å²) in [5.74, 6) is -0.542. The van der Waals surface area contributed by atoms with Crippen LogP contribution in [0.25, 0.3) is 0 Å². The van der Waals surface area contributed by atoms with Gasteiger partial charge in [0.05, 0.1) is 22.9 Å². The third kappa shape index (κ3) is 6.82. The summed E-state index contributed by atoms with van der Waals surface area (Å²) in [5.41, 5.74) is -1.26.